The van der Waals surface area contributed by atoms with Crippen LogP contribution in [0.5, 0.6) is 0 Å². The fraction of sp³-hybridized carbons (Fsp3) is 0.333. The topological polar surface area (TPSA) is 71.3 Å². The van der Waals surface area contributed by atoms with Gasteiger partial charge in [-0.15, -0.1) is 5.10 Å². The Morgan fingerprint density at radius 3 is 2.55 bits per heavy atom. The van der Waals surface area contributed by atoms with Crippen LogP contribution in [0.1, 0.15) is 24.1 Å². The molecule has 0 radical (unpaired) electrons. The highest BCUT2D eigenvalue weighted by Crippen LogP contribution is 2.38. The molecule has 0 unspecified atom stereocenters. The van der Waals surface area contributed by atoms with Crippen molar-refractivity contribution in [3.05, 3.63) is 59.8 Å². The lowest BCUT2D eigenvalue weighted by Gasteiger charge is -2.20. The molecular weight excluding hydrogens is 386 g/mol. The van der Waals surface area contributed by atoms with Crippen LogP contribution in [0.2, 0.25) is 0 Å². The second-order valence-electron chi connectivity index (χ2n) is 7.66. The summed E-state index contributed by atoms with van der Waals surface area (Å²) in [5.74, 6) is 0. The third-order valence-corrected chi connectivity index (χ3v) is 7.59. The first-order valence-corrected chi connectivity index (χ1v) is 11.3. The molecule has 7 nitrogen and oxygen atoms in total. The van der Waals surface area contributed by atoms with E-state index in [0.29, 0.717) is 22.7 Å². The van der Waals surface area contributed by atoms with Crippen LogP contribution >= 0.6 is 0 Å². The van der Waals surface area contributed by atoms with Gasteiger partial charge in [0.1, 0.15) is 5.69 Å². The molecule has 0 amide bonds. The van der Waals surface area contributed by atoms with E-state index in [1.165, 1.54) is 4.31 Å². The monoisotopic (exact) mass is 409 g/mol. The molecule has 2 aliphatic rings. The maximum absolute atomic E-state index is 13.1. The second kappa shape index (κ2) is 6.96. The molecule has 5 rings (SSSR count). The van der Waals surface area contributed by atoms with Crippen molar-refractivity contribution in [1.82, 2.24) is 19.3 Å². The maximum Gasteiger partial charge on any atom is 0.243 e. The molecule has 0 aliphatic carbocycles. The zero-order valence-corrected chi connectivity index (χ0v) is 17.1. The number of fused-ring (bicyclic) bond motifs is 3. The van der Waals surface area contributed by atoms with E-state index in [9.17, 15) is 8.42 Å². The molecule has 8 heteroatoms. The minimum Gasteiger partial charge on any atom is -0.372 e. The van der Waals surface area contributed by atoms with E-state index >= 15 is 0 Å². The zero-order chi connectivity index (χ0) is 20.0. The lowest BCUT2D eigenvalue weighted by Crippen LogP contribution is -2.25. The van der Waals surface area contributed by atoms with Gasteiger partial charge in [-0.3, -0.25) is 0 Å². The predicted molar refractivity (Wildman–Crippen MR) is 111 cm³/mol. The van der Waals surface area contributed by atoms with Gasteiger partial charge in [0.15, 0.2) is 0 Å². The summed E-state index contributed by atoms with van der Waals surface area (Å²) in [4.78, 5) is 2.63. The SMILES string of the molecule is CN1Cc2nnn(Cc3ccccc3)c2-c2cc(N3CCCC3)ccc2S1(=O)=O. The summed E-state index contributed by atoms with van der Waals surface area (Å²) in [6.45, 7) is 2.75. The van der Waals surface area contributed by atoms with Crippen LogP contribution in [0.3, 0.4) is 0 Å². The van der Waals surface area contributed by atoms with Gasteiger partial charge in [0.05, 0.1) is 23.7 Å². The Labute approximate surface area is 170 Å². The van der Waals surface area contributed by atoms with Gasteiger partial charge in [-0.1, -0.05) is 35.5 Å². The third kappa shape index (κ3) is 3.12. The third-order valence-electron chi connectivity index (χ3n) is 5.73. The molecule has 1 aromatic heterocycles. The number of sulfonamides is 1. The highest BCUT2D eigenvalue weighted by Gasteiger charge is 2.33. The maximum atomic E-state index is 13.1. The molecule has 0 saturated carbocycles. The molecule has 29 heavy (non-hydrogen) atoms. The van der Waals surface area contributed by atoms with E-state index in [2.05, 4.69) is 15.2 Å². The number of anilines is 1. The molecule has 1 saturated heterocycles. The molecule has 0 spiro atoms. The van der Waals surface area contributed by atoms with Crippen LogP contribution in [0, 0.1) is 0 Å². The van der Waals surface area contributed by atoms with Crippen molar-refractivity contribution in [1.29, 1.82) is 0 Å². The number of benzene rings is 2. The number of aromatic nitrogens is 3. The van der Waals surface area contributed by atoms with E-state index in [1.807, 2.05) is 47.1 Å². The van der Waals surface area contributed by atoms with Crippen molar-refractivity contribution in [3.8, 4) is 11.3 Å². The van der Waals surface area contributed by atoms with Gasteiger partial charge in [-0.05, 0) is 36.6 Å². The second-order valence-corrected chi connectivity index (χ2v) is 9.68. The van der Waals surface area contributed by atoms with Gasteiger partial charge in [-0.2, -0.15) is 4.31 Å². The fourth-order valence-electron chi connectivity index (χ4n) is 4.18. The molecule has 1 fully saturated rings. The normalized spacial score (nSPS) is 18.3. The molecule has 3 heterocycles. The largest absolute Gasteiger partial charge is 0.372 e. The van der Waals surface area contributed by atoms with Gasteiger partial charge in [0.25, 0.3) is 0 Å². The number of hydrogen-bond donors (Lipinski definition) is 0. The van der Waals surface area contributed by atoms with Crippen molar-refractivity contribution >= 4 is 15.7 Å². The van der Waals surface area contributed by atoms with Gasteiger partial charge in [-0.25, -0.2) is 13.1 Å². The van der Waals surface area contributed by atoms with Crippen molar-refractivity contribution in [2.75, 3.05) is 25.0 Å². The standard InChI is InChI=1S/C21H23N5O2S/c1-24-15-19-21(26(23-22-19)14-16-7-3-2-4-8-16)18-13-17(25-11-5-6-12-25)9-10-20(18)29(24,27)28/h2-4,7-10,13H,5-6,11-12,14-15H2,1H3. The molecule has 2 aromatic carbocycles. The van der Waals surface area contributed by atoms with Gasteiger partial charge >= 0.3 is 0 Å². The van der Waals surface area contributed by atoms with Gasteiger partial charge < -0.3 is 4.90 Å². The molecule has 0 bridgehead atoms. The first-order chi connectivity index (χ1) is 14.0. The quantitative estimate of drug-likeness (QED) is 0.665. The first kappa shape index (κ1) is 18.3. The molecule has 2 aliphatic heterocycles. The Balaban J connectivity index is 1.69. The van der Waals surface area contributed by atoms with Crippen molar-refractivity contribution in [2.45, 2.75) is 30.8 Å². The van der Waals surface area contributed by atoms with E-state index in [-0.39, 0.29) is 6.54 Å². The average Bonchev–Trinajstić information content (AvgIpc) is 3.37. The fourth-order valence-corrected chi connectivity index (χ4v) is 5.48. The average molecular weight is 410 g/mol. The van der Waals surface area contributed by atoms with Crippen LogP contribution < -0.4 is 4.90 Å². The highest BCUT2D eigenvalue weighted by molar-refractivity contribution is 7.89. The van der Waals surface area contributed by atoms with Gasteiger partial charge in [0.2, 0.25) is 10.0 Å². The van der Waals surface area contributed by atoms with Crippen molar-refractivity contribution < 1.29 is 8.42 Å². The summed E-state index contributed by atoms with van der Waals surface area (Å²) in [6.07, 6.45) is 2.33. The highest BCUT2D eigenvalue weighted by atomic mass is 32.2. The number of rotatable bonds is 3. The Bertz CT molecular complexity index is 1150. The molecular formula is C21H23N5O2S. The Morgan fingerprint density at radius 1 is 1.03 bits per heavy atom. The molecule has 0 atom stereocenters. The first-order valence-electron chi connectivity index (χ1n) is 9.86. The van der Waals surface area contributed by atoms with E-state index in [0.717, 1.165) is 42.9 Å². The smallest absolute Gasteiger partial charge is 0.243 e. The minimum absolute atomic E-state index is 0.209. The van der Waals surface area contributed by atoms with Crippen LogP contribution in [-0.2, 0) is 23.1 Å². The molecule has 150 valence electrons. The van der Waals surface area contributed by atoms with E-state index in [1.54, 1.807) is 13.1 Å². The van der Waals surface area contributed by atoms with Crippen LogP contribution in [-0.4, -0.2) is 47.9 Å². The van der Waals surface area contributed by atoms with Crippen LogP contribution in [0.25, 0.3) is 11.3 Å². The lowest BCUT2D eigenvalue weighted by atomic mass is 10.1. The molecule has 0 N–H and O–H groups in total. The van der Waals surface area contributed by atoms with Crippen molar-refractivity contribution in [3.63, 3.8) is 0 Å². The Kier molecular flexibility index (Phi) is 4.40. The van der Waals surface area contributed by atoms with Crippen LogP contribution in [0.15, 0.2) is 53.4 Å². The Hall–Kier alpha value is -2.71. The van der Waals surface area contributed by atoms with Crippen LogP contribution in [0.4, 0.5) is 5.69 Å². The summed E-state index contributed by atoms with van der Waals surface area (Å²) >= 11 is 0. The van der Waals surface area contributed by atoms with E-state index in [4.69, 9.17) is 0 Å². The molecule has 3 aromatic rings. The summed E-state index contributed by atoms with van der Waals surface area (Å²) in [5.41, 5.74) is 4.31. The summed E-state index contributed by atoms with van der Waals surface area (Å²) in [6, 6.07) is 15.7. The Morgan fingerprint density at radius 2 is 1.79 bits per heavy atom. The summed E-state index contributed by atoms with van der Waals surface area (Å²) < 4.78 is 29.5. The van der Waals surface area contributed by atoms with E-state index < -0.39 is 10.0 Å². The summed E-state index contributed by atoms with van der Waals surface area (Å²) in [7, 11) is -1.99. The zero-order valence-electron chi connectivity index (χ0n) is 16.3. The minimum atomic E-state index is -3.59. The number of nitrogens with zero attached hydrogens (tertiary/aromatic N) is 5. The summed E-state index contributed by atoms with van der Waals surface area (Å²) in [5, 5.41) is 8.72. The van der Waals surface area contributed by atoms with Crippen molar-refractivity contribution in [2.24, 2.45) is 0 Å². The lowest BCUT2D eigenvalue weighted by molar-refractivity contribution is 0.464. The predicted octanol–water partition coefficient (Wildman–Crippen LogP) is 2.73. The number of hydrogen-bond acceptors (Lipinski definition) is 5. The van der Waals surface area contributed by atoms with Gasteiger partial charge in [0, 0.05) is 31.4 Å².